The molecule has 2 saturated heterocycles. The number of piperazine rings is 1. The van der Waals surface area contributed by atoms with Crippen molar-refractivity contribution >= 4 is 43.7 Å². The van der Waals surface area contributed by atoms with E-state index in [1.54, 1.807) is 19.2 Å². The van der Waals surface area contributed by atoms with Gasteiger partial charge in [-0.15, -0.1) is 5.06 Å². The number of unbranched alkanes of at least 4 members (excludes halogenated alkanes) is 1. The summed E-state index contributed by atoms with van der Waals surface area (Å²) in [5.41, 5.74) is 0.527. The highest BCUT2D eigenvalue weighted by atomic mass is 31.2. The highest BCUT2D eigenvalue weighted by Crippen LogP contribution is 2.51. The number of carbonyl (C=O) groups is 5. The van der Waals surface area contributed by atoms with Crippen molar-refractivity contribution < 1.29 is 70.8 Å². The first-order valence-electron chi connectivity index (χ1n) is 23.9. The van der Waals surface area contributed by atoms with Gasteiger partial charge < -0.3 is 48.4 Å². The Morgan fingerprint density at radius 2 is 1.37 bits per heavy atom. The van der Waals surface area contributed by atoms with Crippen molar-refractivity contribution in [2.24, 2.45) is 0 Å². The molecular formula is C46H67N6O15P. The van der Waals surface area contributed by atoms with E-state index < -0.39 is 62.7 Å². The molecule has 2 aliphatic heterocycles. The molecule has 22 heteroatoms. The molecule has 5 atom stereocenters. The molecule has 1 aromatic heterocycles. The number of amides is 2. The lowest BCUT2D eigenvalue weighted by molar-refractivity contribution is -0.157. The third kappa shape index (κ3) is 16.3. The summed E-state index contributed by atoms with van der Waals surface area (Å²) in [6.07, 6.45) is 2.73. The highest BCUT2D eigenvalue weighted by Gasteiger charge is 2.41. The summed E-state index contributed by atoms with van der Waals surface area (Å²) in [6, 6.07) is 8.93. The number of hydroxylamine groups is 2. The van der Waals surface area contributed by atoms with Gasteiger partial charge in [0, 0.05) is 44.9 Å². The van der Waals surface area contributed by atoms with Crippen molar-refractivity contribution in [3.05, 3.63) is 42.1 Å². The first kappa shape index (κ1) is 52.3. The van der Waals surface area contributed by atoms with E-state index in [1.807, 2.05) is 30.0 Å². The topological polar surface area (TPSA) is 233 Å². The zero-order chi connectivity index (χ0) is 48.5. The standard InChI is InChI=1S/C46H67N6O15P/c1-5-6-28-60-44(55)65-52-26-24-50(25-27-52)43(54)39(48-42(53)38-29-40(51-23-22-37(30-51)59-4)49-41(47-38)34-16-10-7-11-17-34)31-68(58,66-32(2)61-45(56)63-35-18-12-8-13-19-35)67-33(3)62-46(57)64-36-20-14-9-15-21-36/h7,10-11,16-17,29,32-33,35-37,39H,5-6,8-9,12-15,18-28,30-31H2,1-4H3,(H,48,53)/t32-,33?,37+,39?,68?/m1/s1. The minimum absolute atomic E-state index is 0.0178. The van der Waals surface area contributed by atoms with Crippen molar-refractivity contribution in [1.82, 2.24) is 25.2 Å². The zero-order valence-corrected chi connectivity index (χ0v) is 40.5. The molecule has 1 aromatic carbocycles. The molecule has 4 fully saturated rings. The maximum Gasteiger partial charge on any atom is 0.527 e. The van der Waals surface area contributed by atoms with Crippen LogP contribution in [0.3, 0.4) is 0 Å². The molecular weight excluding hydrogens is 908 g/mol. The minimum Gasteiger partial charge on any atom is -0.433 e. The van der Waals surface area contributed by atoms with E-state index in [0.717, 1.165) is 51.4 Å². The first-order chi connectivity index (χ1) is 32.8. The van der Waals surface area contributed by atoms with Crippen LogP contribution in [0.5, 0.6) is 0 Å². The number of methoxy groups -OCH3 is 1. The van der Waals surface area contributed by atoms with Gasteiger partial charge in [-0.1, -0.05) is 56.5 Å². The van der Waals surface area contributed by atoms with Gasteiger partial charge in [-0.3, -0.25) is 23.2 Å². The lowest BCUT2D eigenvalue weighted by atomic mass is 9.98. The Morgan fingerprint density at radius 1 is 0.765 bits per heavy atom. The Kier molecular flexibility index (Phi) is 20.0. The first-order valence-corrected chi connectivity index (χ1v) is 25.6. The molecule has 68 heavy (non-hydrogen) atoms. The van der Waals surface area contributed by atoms with E-state index in [-0.39, 0.29) is 62.6 Å². The van der Waals surface area contributed by atoms with Crippen molar-refractivity contribution in [2.45, 2.75) is 141 Å². The molecule has 2 saturated carbocycles. The highest BCUT2D eigenvalue weighted by molar-refractivity contribution is 7.54. The van der Waals surface area contributed by atoms with E-state index in [4.69, 9.17) is 47.3 Å². The number of hydrogen-bond donors (Lipinski definition) is 1. The van der Waals surface area contributed by atoms with Crippen LogP contribution >= 0.6 is 7.60 Å². The van der Waals surface area contributed by atoms with Gasteiger partial charge in [-0.2, -0.15) is 0 Å². The van der Waals surface area contributed by atoms with Crippen molar-refractivity contribution in [3.8, 4) is 11.4 Å². The van der Waals surface area contributed by atoms with Gasteiger partial charge in [0.15, 0.2) is 5.82 Å². The van der Waals surface area contributed by atoms with Crippen LogP contribution in [0, 0.1) is 0 Å². The van der Waals surface area contributed by atoms with Gasteiger partial charge >= 0.3 is 26.1 Å². The molecule has 6 rings (SSSR count). The second-order valence-corrected chi connectivity index (χ2v) is 19.4. The number of nitrogens with zero attached hydrogens (tertiary/aromatic N) is 5. The molecule has 4 aliphatic rings. The number of rotatable bonds is 20. The molecule has 0 bridgehead atoms. The van der Waals surface area contributed by atoms with E-state index in [0.29, 0.717) is 56.6 Å². The minimum atomic E-state index is -4.76. The maximum absolute atomic E-state index is 15.1. The Hall–Kier alpha value is -5.08. The molecule has 3 heterocycles. The molecule has 2 aromatic rings. The van der Waals surface area contributed by atoms with Crippen LogP contribution in [-0.2, 0) is 51.7 Å². The Bertz CT molecular complexity index is 1970. The number of carbonyl (C=O) groups excluding carboxylic acids is 5. The molecule has 376 valence electrons. The maximum atomic E-state index is 15.1. The van der Waals surface area contributed by atoms with Crippen molar-refractivity contribution in [2.75, 3.05) is 64.0 Å². The summed E-state index contributed by atoms with van der Waals surface area (Å²) in [5.74, 6) is -0.830. The fraction of sp³-hybridized carbons (Fsp3) is 0.674. The van der Waals surface area contributed by atoms with Crippen LogP contribution in [0.4, 0.5) is 20.2 Å². The summed E-state index contributed by atoms with van der Waals surface area (Å²) < 4.78 is 59.4. The lowest BCUT2D eigenvalue weighted by Crippen LogP contribution is -2.56. The Labute approximate surface area is 397 Å². The second-order valence-electron chi connectivity index (χ2n) is 17.3. The average Bonchev–Trinajstić information content (AvgIpc) is 3.82. The van der Waals surface area contributed by atoms with Crippen LogP contribution in [0.15, 0.2) is 36.4 Å². The van der Waals surface area contributed by atoms with E-state index >= 15 is 4.57 Å². The third-order valence-corrected chi connectivity index (χ3v) is 14.1. The summed E-state index contributed by atoms with van der Waals surface area (Å²) in [4.78, 5) is 85.5. The third-order valence-electron chi connectivity index (χ3n) is 12.0. The van der Waals surface area contributed by atoms with Crippen LogP contribution in [-0.4, -0.2) is 146 Å². The van der Waals surface area contributed by atoms with Gasteiger partial charge in [0.1, 0.15) is 29.8 Å². The van der Waals surface area contributed by atoms with Crippen LogP contribution in [0.25, 0.3) is 11.4 Å². The van der Waals surface area contributed by atoms with Crippen molar-refractivity contribution in [3.63, 3.8) is 0 Å². The molecule has 21 nitrogen and oxygen atoms in total. The largest absolute Gasteiger partial charge is 0.527 e. The zero-order valence-electron chi connectivity index (χ0n) is 39.6. The van der Waals surface area contributed by atoms with Crippen LogP contribution in [0.2, 0.25) is 0 Å². The summed E-state index contributed by atoms with van der Waals surface area (Å²) in [5, 5.41) is 4.09. The van der Waals surface area contributed by atoms with Gasteiger partial charge in [-0.05, 0) is 78.1 Å². The Morgan fingerprint density at radius 3 is 1.93 bits per heavy atom. The summed E-state index contributed by atoms with van der Waals surface area (Å²) in [7, 11) is -3.12. The summed E-state index contributed by atoms with van der Waals surface area (Å²) >= 11 is 0. The monoisotopic (exact) mass is 974 g/mol. The molecule has 0 spiro atoms. The molecule has 3 unspecified atom stereocenters. The number of hydrogen-bond acceptors (Lipinski definition) is 19. The van der Waals surface area contributed by atoms with Gasteiger partial charge in [0.25, 0.3) is 5.91 Å². The molecule has 2 aliphatic carbocycles. The van der Waals surface area contributed by atoms with Gasteiger partial charge in [0.05, 0.1) is 32.0 Å². The molecule has 1 N–H and O–H groups in total. The predicted octanol–water partition coefficient (Wildman–Crippen LogP) is 7.37. The molecule has 0 radical (unpaired) electrons. The smallest absolute Gasteiger partial charge is 0.433 e. The van der Waals surface area contributed by atoms with E-state index in [9.17, 15) is 24.0 Å². The fourth-order valence-electron chi connectivity index (χ4n) is 8.42. The normalized spacial score (nSPS) is 20.6. The van der Waals surface area contributed by atoms with Gasteiger partial charge in [0.2, 0.25) is 18.5 Å². The number of aromatic nitrogens is 2. The Balaban J connectivity index is 1.27. The van der Waals surface area contributed by atoms with E-state index in [2.05, 4.69) is 10.3 Å². The number of ether oxygens (including phenoxy) is 6. The van der Waals surface area contributed by atoms with E-state index in [1.165, 1.54) is 29.9 Å². The average molecular weight is 975 g/mol. The predicted molar refractivity (Wildman–Crippen MR) is 244 cm³/mol. The van der Waals surface area contributed by atoms with Gasteiger partial charge in [-0.25, -0.2) is 24.4 Å². The number of benzene rings is 1. The molecule has 2 amide bonds. The number of nitrogens with one attached hydrogen (secondary N) is 1. The van der Waals surface area contributed by atoms with Crippen LogP contribution in [0.1, 0.15) is 115 Å². The van der Waals surface area contributed by atoms with Crippen LogP contribution < -0.4 is 10.2 Å². The fourth-order valence-corrected chi connectivity index (χ4v) is 10.3. The second kappa shape index (κ2) is 26.1. The van der Waals surface area contributed by atoms with Crippen molar-refractivity contribution in [1.29, 1.82) is 0 Å². The number of anilines is 1. The SMILES string of the molecule is CCCCOC(=O)ON1CCN(C(=O)C(CP(=O)(OC(C)OC(=O)OC2CCCCC2)O[C@H](C)OC(=O)OC2CCCCC2)NC(=O)c2cc(N3CC[C@H](OC)C3)nc(-c3ccccc3)n2)CC1. The quantitative estimate of drug-likeness (QED) is 0.0448. The lowest BCUT2D eigenvalue weighted by Gasteiger charge is -2.35. The summed E-state index contributed by atoms with van der Waals surface area (Å²) in [6.45, 7) is 6.05.